The van der Waals surface area contributed by atoms with Crippen LogP contribution in [0.4, 0.5) is 16.2 Å². The number of carbonyl (C=O) groups excluding carboxylic acids is 5. The van der Waals surface area contributed by atoms with Crippen molar-refractivity contribution >= 4 is 41.0 Å². The SMILES string of the molecule is CNC(=O)N(C)c1ccc(NC(=O)c2ccc3c(c2)CN(C2CCC(=O)NC2=O)C3=O)cc1. The van der Waals surface area contributed by atoms with Gasteiger partial charge in [0.2, 0.25) is 11.8 Å². The van der Waals surface area contributed by atoms with Crippen molar-refractivity contribution in [2.24, 2.45) is 0 Å². The minimum Gasteiger partial charge on any atom is -0.341 e. The van der Waals surface area contributed by atoms with Gasteiger partial charge in [-0.2, -0.15) is 0 Å². The second-order valence-corrected chi connectivity index (χ2v) is 7.89. The topological polar surface area (TPSA) is 128 Å². The average molecular weight is 449 g/mol. The highest BCUT2D eigenvalue weighted by Gasteiger charge is 2.39. The number of carbonyl (C=O) groups is 5. The quantitative estimate of drug-likeness (QED) is 0.609. The maximum Gasteiger partial charge on any atom is 0.321 e. The standard InChI is InChI=1S/C23H23N5O5/c1-24-23(33)27(2)16-6-4-15(5-7-16)25-20(30)13-3-8-17-14(11-13)12-28(22(17)32)18-9-10-19(29)26-21(18)31/h3-8,11,18H,9-10,12H2,1-2H3,(H,24,33)(H,25,30)(H,26,29,31). The summed E-state index contributed by atoms with van der Waals surface area (Å²) in [4.78, 5) is 63.7. The van der Waals surface area contributed by atoms with Crippen LogP contribution in [0.2, 0.25) is 0 Å². The Labute approximate surface area is 189 Å². The van der Waals surface area contributed by atoms with E-state index in [1.54, 1.807) is 56.6 Å². The number of imide groups is 1. The van der Waals surface area contributed by atoms with Crippen LogP contribution in [0.25, 0.3) is 0 Å². The molecule has 3 N–H and O–H groups in total. The van der Waals surface area contributed by atoms with Gasteiger partial charge in [-0.3, -0.25) is 29.4 Å². The van der Waals surface area contributed by atoms with Gasteiger partial charge in [0.05, 0.1) is 0 Å². The summed E-state index contributed by atoms with van der Waals surface area (Å²) in [6.07, 6.45) is 0.463. The van der Waals surface area contributed by atoms with E-state index in [2.05, 4.69) is 16.0 Å². The van der Waals surface area contributed by atoms with Crippen molar-refractivity contribution in [3.63, 3.8) is 0 Å². The van der Waals surface area contributed by atoms with Crippen LogP contribution in [0.1, 0.15) is 39.1 Å². The normalized spacial score (nSPS) is 17.3. The lowest BCUT2D eigenvalue weighted by Gasteiger charge is -2.29. The first-order valence-electron chi connectivity index (χ1n) is 10.4. The molecular weight excluding hydrogens is 426 g/mol. The highest BCUT2D eigenvalue weighted by atomic mass is 16.2. The van der Waals surface area contributed by atoms with Gasteiger partial charge in [-0.25, -0.2) is 4.79 Å². The molecule has 6 amide bonds. The predicted octanol–water partition coefficient (Wildman–Crippen LogP) is 1.48. The second-order valence-electron chi connectivity index (χ2n) is 7.89. The zero-order chi connectivity index (χ0) is 23.7. The van der Waals surface area contributed by atoms with Gasteiger partial charge < -0.3 is 15.5 Å². The van der Waals surface area contributed by atoms with Crippen molar-refractivity contribution in [1.82, 2.24) is 15.5 Å². The van der Waals surface area contributed by atoms with E-state index in [0.29, 0.717) is 28.1 Å². The molecule has 10 nitrogen and oxygen atoms in total. The summed E-state index contributed by atoms with van der Waals surface area (Å²) in [5, 5.41) is 7.60. The minimum atomic E-state index is -0.702. The Balaban J connectivity index is 1.45. The van der Waals surface area contributed by atoms with Crippen molar-refractivity contribution in [3.05, 3.63) is 59.2 Å². The number of urea groups is 1. The van der Waals surface area contributed by atoms with Crippen molar-refractivity contribution in [2.75, 3.05) is 24.3 Å². The molecule has 0 bridgehead atoms. The molecule has 0 radical (unpaired) electrons. The number of fused-ring (bicyclic) bond motifs is 1. The lowest BCUT2D eigenvalue weighted by molar-refractivity contribution is -0.136. The third-order valence-electron chi connectivity index (χ3n) is 5.82. The van der Waals surface area contributed by atoms with Gasteiger partial charge in [-0.05, 0) is 54.4 Å². The summed E-state index contributed by atoms with van der Waals surface area (Å²) < 4.78 is 0. The van der Waals surface area contributed by atoms with E-state index in [1.807, 2.05) is 0 Å². The number of nitrogens with zero attached hydrogens (tertiary/aromatic N) is 2. The smallest absolute Gasteiger partial charge is 0.321 e. The molecule has 0 aliphatic carbocycles. The van der Waals surface area contributed by atoms with Crippen LogP contribution in [0.15, 0.2) is 42.5 Å². The molecule has 10 heteroatoms. The van der Waals surface area contributed by atoms with E-state index in [9.17, 15) is 24.0 Å². The van der Waals surface area contributed by atoms with Crippen LogP contribution < -0.4 is 20.9 Å². The fraction of sp³-hybridized carbons (Fsp3) is 0.261. The summed E-state index contributed by atoms with van der Waals surface area (Å²) >= 11 is 0. The average Bonchev–Trinajstić information content (AvgIpc) is 3.14. The number of anilines is 2. The molecule has 1 atom stereocenters. The zero-order valence-electron chi connectivity index (χ0n) is 18.2. The van der Waals surface area contributed by atoms with Crippen LogP contribution >= 0.6 is 0 Å². The van der Waals surface area contributed by atoms with Gasteiger partial charge in [-0.1, -0.05) is 0 Å². The molecule has 1 saturated heterocycles. The fourth-order valence-electron chi connectivity index (χ4n) is 3.97. The lowest BCUT2D eigenvalue weighted by Crippen LogP contribution is -2.52. The Bertz CT molecular complexity index is 1160. The molecule has 33 heavy (non-hydrogen) atoms. The molecule has 0 saturated carbocycles. The fourth-order valence-corrected chi connectivity index (χ4v) is 3.97. The molecular formula is C23H23N5O5. The lowest BCUT2D eigenvalue weighted by atomic mass is 10.0. The van der Waals surface area contributed by atoms with Crippen LogP contribution in [0, 0.1) is 0 Å². The molecule has 4 rings (SSSR count). The van der Waals surface area contributed by atoms with E-state index in [0.717, 1.165) is 0 Å². The Hall–Kier alpha value is -4.21. The summed E-state index contributed by atoms with van der Waals surface area (Å²) in [6, 6.07) is 10.6. The molecule has 170 valence electrons. The van der Waals surface area contributed by atoms with Gasteiger partial charge >= 0.3 is 6.03 Å². The number of rotatable bonds is 4. The number of hydrogen-bond donors (Lipinski definition) is 3. The van der Waals surface area contributed by atoms with Crippen molar-refractivity contribution < 1.29 is 24.0 Å². The monoisotopic (exact) mass is 449 g/mol. The highest BCUT2D eigenvalue weighted by Crippen LogP contribution is 2.28. The Morgan fingerprint density at radius 3 is 2.48 bits per heavy atom. The third kappa shape index (κ3) is 4.27. The maximum absolute atomic E-state index is 12.8. The number of nitrogens with one attached hydrogen (secondary N) is 3. The Morgan fingerprint density at radius 1 is 1.09 bits per heavy atom. The van der Waals surface area contributed by atoms with Crippen LogP contribution in [-0.4, -0.2) is 54.7 Å². The van der Waals surface area contributed by atoms with E-state index in [-0.39, 0.29) is 43.1 Å². The summed E-state index contributed by atoms with van der Waals surface area (Å²) in [7, 11) is 3.18. The predicted molar refractivity (Wildman–Crippen MR) is 120 cm³/mol. The van der Waals surface area contributed by atoms with E-state index < -0.39 is 11.9 Å². The summed E-state index contributed by atoms with van der Waals surface area (Å²) in [6.45, 7) is 0.197. The number of hydrogen-bond acceptors (Lipinski definition) is 5. The summed E-state index contributed by atoms with van der Waals surface area (Å²) in [5.41, 5.74) is 2.68. The first-order valence-corrected chi connectivity index (χ1v) is 10.4. The molecule has 2 aliphatic heterocycles. The number of benzene rings is 2. The third-order valence-corrected chi connectivity index (χ3v) is 5.82. The maximum atomic E-state index is 12.8. The number of amides is 6. The van der Waals surface area contributed by atoms with E-state index in [4.69, 9.17) is 0 Å². The van der Waals surface area contributed by atoms with Gasteiger partial charge in [0.15, 0.2) is 0 Å². The molecule has 1 fully saturated rings. The molecule has 2 aromatic carbocycles. The van der Waals surface area contributed by atoms with Crippen molar-refractivity contribution in [2.45, 2.75) is 25.4 Å². The van der Waals surface area contributed by atoms with Gasteiger partial charge in [0.1, 0.15) is 6.04 Å². The van der Waals surface area contributed by atoms with E-state index in [1.165, 1.54) is 9.80 Å². The minimum absolute atomic E-state index is 0.182. The molecule has 2 aromatic rings. The first kappa shape index (κ1) is 22.0. The van der Waals surface area contributed by atoms with Crippen molar-refractivity contribution in [3.8, 4) is 0 Å². The molecule has 1 unspecified atom stereocenters. The zero-order valence-corrected chi connectivity index (χ0v) is 18.2. The highest BCUT2D eigenvalue weighted by molar-refractivity contribution is 6.08. The van der Waals surface area contributed by atoms with Gasteiger partial charge in [0.25, 0.3) is 11.8 Å². The molecule has 0 aromatic heterocycles. The Morgan fingerprint density at radius 2 is 1.82 bits per heavy atom. The van der Waals surface area contributed by atoms with Gasteiger partial charge in [-0.15, -0.1) is 0 Å². The van der Waals surface area contributed by atoms with Crippen molar-refractivity contribution in [1.29, 1.82) is 0 Å². The van der Waals surface area contributed by atoms with E-state index >= 15 is 0 Å². The second kappa shape index (κ2) is 8.73. The Kier molecular flexibility index (Phi) is 5.82. The van der Waals surface area contributed by atoms with Crippen LogP contribution in [-0.2, 0) is 16.1 Å². The molecule has 2 heterocycles. The summed E-state index contributed by atoms with van der Waals surface area (Å²) in [5.74, 6) is -1.46. The number of piperidine rings is 1. The molecule has 2 aliphatic rings. The molecule has 0 spiro atoms. The van der Waals surface area contributed by atoms with Gasteiger partial charge in [0, 0.05) is 49.6 Å². The van der Waals surface area contributed by atoms with Crippen LogP contribution in [0.3, 0.4) is 0 Å². The first-order chi connectivity index (χ1) is 15.8. The van der Waals surface area contributed by atoms with Crippen LogP contribution in [0.5, 0.6) is 0 Å². The largest absolute Gasteiger partial charge is 0.341 e.